The minimum absolute atomic E-state index is 0.176. The van der Waals surface area contributed by atoms with E-state index < -0.39 is 0 Å². The summed E-state index contributed by atoms with van der Waals surface area (Å²) in [6.45, 7) is 13.3. The van der Waals surface area contributed by atoms with Gasteiger partial charge in [0.25, 0.3) is 0 Å². The molecule has 0 fully saturated rings. The Labute approximate surface area is 117 Å². The minimum atomic E-state index is 0.176. The number of hydrogen-bond acceptors (Lipinski definition) is 3. The molecule has 3 nitrogen and oxygen atoms in total. The Balaban J connectivity index is 2.31. The lowest BCUT2D eigenvalue weighted by Gasteiger charge is -2.24. The van der Waals surface area contributed by atoms with Crippen molar-refractivity contribution in [3.63, 3.8) is 0 Å². The number of nitrogens with one attached hydrogen (secondary N) is 2. The first kappa shape index (κ1) is 16.0. The number of ether oxygens (including phenoxy) is 1. The van der Waals surface area contributed by atoms with Crippen LogP contribution in [0.25, 0.3) is 0 Å². The van der Waals surface area contributed by atoms with Gasteiger partial charge in [0, 0.05) is 24.7 Å². The molecule has 19 heavy (non-hydrogen) atoms. The second-order valence-electron chi connectivity index (χ2n) is 5.99. The van der Waals surface area contributed by atoms with Crippen LogP contribution in [0.15, 0.2) is 24.3 Å². The highest BCUT2D eigenvalue weighted by molar-refractivity contribution is 5.27. The zero-order chi connectivity index (χ0) is 14.3. The lowest BCUT2D eigenvalue weighted by Crippen LogP contribution is -2.44. The molecule has 1 rings (SSSR count). The monoisotopic (exact) mass is 264 g/mol. The van der Waals surface area contributed by atoms with Crippen LogP contribution < -0.4 is 15.4 Å². The normalized spacial score (nSPS) is 13.3. The van der Waals surface area contributed by atoms with Crippen LogP contribution in [-0.2, 0) is 6.54 Å². The molecule has 0 amide bonds. The average Bonchev–Trinajstić information content (AvgIpc) is 2.35. The van der Waals surface area contributed by atoms with Crippen molar-refractivity contribution in [2.75, 3.05) is 13.2 Å². The van der Waals surface area contributed by atoms with Crippen LogP contribution in [0.1, 0.15) is 40.2 Å². The number of rotatable bonds is 7. The van der Waals surface area contributed by atoms with Gasteiger partial charge in [-0.25, -0.2) is 0 Å². The third kappa shape index (κ3) is 7.19. The molecular weight excluding hydrogens is 236 g/mol. The van der Waals surface area contributed by atoms with Gasteiger partial charge in [0.1, 0.15) is 5.75 Å². The fourth-order valence-electron chi connectivity index (χ4n) is 1.69. The molecule has 0 aliphatic rings. The Bertz CT molecular complexity index is 354. The third-order valence-corrected chi connectivity index (χ3v) is 2.83. The summed E-state index contributed by atoms with van der Waals surface area (Å²) in [5, 5.41) is 7.02. The molecule has 0 aromatic heterocycles. The van der Waals surface area contributed by atoms with Crippen molar-refractivity contribution in [2.45, 2.75) is 52.7 Å². The first-order chi connectivity index (χ1) is 8.90. The summed E-state index contributed by atoms with van der Waals surface area (Å²) < 4.78 is 5.43. The van der Waals surface area contributed by atoms with Gasteiger partial charge in [0.05, 0.1) is 6.61 Å². The van der Waals surface area contributed by atoms with E-state index in [1.54, 1.807) is 0 Å². The summed E-state index contributed by atoms with van der Waals surface area (Å²) in [6.07, 6.45) is 0. The Morgan fingerprint density at radius 2 is 1.79 bits per heavy atom. The molecule has 108 valence electrons. The van der Waals surface area contributed by atoms with Crippen LogP contribution in [0.3, 0.4) is 0 Å². The predicted octanol–water partition coefficient (Wildman–Crippen LogP) is 2.95. The van der Waals surface area contributed by atoms with E-state index in [2.05, 4.69) is 50.5 Å². The Kier molecular flexibility index (Phi) is 6.32. The standard InChI is InChI=1S/C16H28N2O/c1-6-19-15-9-7-14(8-10-15)12-17-13(2)11-18-16(3,4)5/h7-10,13,17-18H,6,11-12H2,1-5H3. The quantitative estimate of drug-likeness (QED) is 0.794. The molecule has 0 radical (unpaired) electrons. The molecule has 0 aliphatic heterocycles. The zero-order valence-electron chi connectivity index (χ0n) is 12.9. The largest absolute Gasteiger partial charge is 0.494 e. The number of hydrogen-bond donors (Lipinski definition) is 2. The molecule has 0 spiro atoms. The lowest BCUT2D eigenvalue weighted by molar-refractivity contribution is 0.340. The smallest absolute Gasteiger partial charge is 0.119 e. The van der Waals surface area contributed by atoms with Crippen LogP contribution in [0, 0.1) is 0 Å². The highest BCUT2D eigenvalue weighted by Crippen LogP contribution is 2.11. The third-order valence-electron chi connectivity index (χ3n) is 2.83. The molecule has 1 atom stereocenters. The van der Waals surface area contributed by atoms with Crippen LogP contribution >= 0.6 is 0 Å². The van der Waals surface area contributed by atoms with E-state index in [1.807, 2.05) is 19.1 Å². The summed E-state index contributed by atoms with van der Waals surface area (Å²) in [5.74, 6) is 0.939. The van der Waals surface area contributed by atoms with E-state index in [4.69, 9.17) is 4.74 Å². The van der Waals surface area contributed by atoms with Crippen molar-refractivity contribution in [2.24, 2.45) is 0 Å². The van der Waals surface area contributed by atoms with Gasteiger partial charge < -0.3 is 15.4 Å². The average molecular weight is 264 g/mol. The van der Waals surface area contributed by atoms with Crippen molar-refractivity contribution in [3.05, 3.63) is 29.8 Å². The van der Waals surface area contributed by atoms with E-state index in [9.17, 15) is 0 Å². The maximum Gasteiger partial charge on any atom is 0.119 e. The van der Waals surface area contributed by atoms with Gasteiger partial charge in [0.15, 0.2) is 0 Å². The first-order valence-electron chi connectivity index (χ1n) is 7.11. The lowest BCUT2D eigenvalue weighted by atomic mass is 10.1. The Hall–Kier alpha value is -1.06. The molecule has 3 heteroatoms. The molecule has 1 aromatic carbocycles. The molecule has 1 aromatic rings. The van der Waals surface area contributed by atoms with Crippen molar-refractivity contribution in [3.8, 4) is 5.75 Å². The van der Waals surface area contributed by atoms with E-state index in [0.717, 1.165) is 18.8 Å². The van der Waals surface area contributed by atoms with Gasteiger partial charge in [-0.2, -0.15) is 0 Å². The summed E-state index contributed by atoms with van der Waals surface area (Å²) in [4.78, 5) is 0. The molecule has 0 bridgehead atoms. The van der Waals surface area contributed by atoms with Crippen molar-refractivity contribution < 1.29 is 4.74 Å². The SMILES string of the molecule is CCOc1ccc(CNC(C)CNC(C)(C)C)cc1. The molecule has 0 saturated heterocycles. The molecule has 2 N–H and O–H groups in total. The van der Waals surface area contributed by atoms with Gasteiger partial charge in [-0.3, -0.25) is 0 Å². The van der Waals surface area contributed by atoms with Gasteiger partial charge in [0.2, 0.25) is 0 Å². The number of benzene rings is 1. The van der Waals surface area contributed by atoms with Crippen molar-refractivity contribution >= 4 is 0 Å². The van der Waals surface area contributed by atoms with Gasteiger partial charge in [-0.1, -0.05) is 12.1 Å². The van der Waals surface area contributed by atoms with Gasteiger partial charge in [-0.05, 0) is 52.3 Å². The highest BCUT2D eigenvalue weighted by atomic mass is 16.5. The minimum Gasteiger partial charge on any atom is -0.494 e. The molecule has 0 saturated carbocycles. The van der Waals surface area contributed by atoms with Crippen LogP contribution in [0.5, 0.6) is 5.75 Å². The first-order valence-corrected chi connectivity index (χ1v) is 7.11. The van der Waals surface area contributed by atoms with E-state index >= 15 is 0 Å². The van der Waals surface area contributed by atoms with Crippen LogP contribution in [0.4, 0.5) is 0 Å². The second-order valence-corrected chi connectivity index (χ2v) is 5.99. The predicted molar refractivity (Wildman–Crippen MR) is 81.7 cm³/mol. The fourth-order valence-corrected chi connectivity index (χ4v) is 1.69. The van der Waals surface area contributed by atoms with E-state index in [0.29, 0.717) is 12.6 Å². The summed E-state index contributed by atoms with van der Waals surface area (Å²) in [7, 11) is 0. The van der Waals surface area contributed by atoms with Crippen molar-refractivity contribution in [1.82, 2.24) is 10.6 Å². The van der Waals surface area contributed by atoms with Gasteiger partial charge in [-0.15, -0.1) is 0 Å². The molecule has 1 unspecified atom stereocenters. The van der Waals surface area contributed by atoms with E-state index in [-0.39, 0.29) is 5.54 Å². The second kappa shape index (κ2) is 7.51. The topological polar surface area (TPSA) is 33.3 Å². The summed E-state index contributed by atoms with van der Waals surface area (Å²) in [6, 6.07) is 8.73. The summed E-state index contributed by atoms with van der Waals surface area (Å²) >= 11 is 0. The molecule has 0 heterocycles. The molecule has 0 aliphatic carbocycles. The van der Waals surface area contributed by atoms with E-state index in [1.165, 1.54) is 5.56 Å². The fraction of sp³-hybridized carbons (Fsp3) is 0.625. The zero-order valence-corrected chi connectivity index (χ0v) is 12.9. The maximum atomic E-state index is 5.43. The Morgan fingerprint density at radius 1 is 1.16 bits per heavy atom. The Morgan fingerprint density at radius 3 is 2.32 bits per heavy atom. The van der Waals surface area contributed by atoms with Crippen LogP contribution in [0.2, 0.25) is 0 Å². The maximum absolute atomic E-state index is 5.43. The summed E-state index contributed by atoms with van der Waals surface area (Å²) in [5.41, 5.74) is 1.46. The van der Waals surface area contributed by atoms with Crippen molar-refractivity contribution in [1.29, 1.82) is 0 Å². The molecular formula is C16H28N2O. The highest BCUT2D eigenvalue weighted by Gasteiger charge is 2.10. The van der Waals surface area contributed by atoms with Crippen LogP contribution in [-0.4, -0.2) is 24.7 Å². The van der Waals surface area contributed by atoms with Gasteiger partial charge >= 0.3 is 0 Å².